The van der Waals surface area contributed by atoms with Crippen LogP contribution in [-0.2, 0) is 17.6 Å². The standard InChI is InChI=1S/C31H39F3N8O2/c1-18(20-9-5-10-20)35-25-24-26(37-27(36-25)28-39-30(43)44-40-28)38-29(41-16-6-11-23(41)21-7-3-2-4-8-21)42(24)17-19-12-14-22(15-13-19)31(32,33)34/h12-15,18,20-21,23,28,40H,2-11,16-17H2,1H3,(H,39,43)(H,35,36,37)/t18-,23?,28?/m1/s1. The summed E-state index contributed by atoms with van der Waals surface area (Å²) in [7, 11) is 0. The van der Waals surface area contributed by atoms with Crippen LogP contribution in [0, 0.1) is 11.8 Å². The number of carbonyl (C=O) groups is 1. The van der Waals surface area contributed by atoms with Crippen molar-refractivity contribution in [3.05, 3.63) is 41.2 Å². The summed E-state index contributed by atoms with van der Waals surface area (Å²) >= 11 is 0. The Morgan fingerprint density at radius 2 is 1.77 bits per heavy atom. The average molecular weight is 613 g/mol. The van der Waals surface area contributed by atoms with Crippen LogP contribution in [0.3, 0.4) is 0 Å². The molecule has 4 heterocycles. The Morgan fingerprint density at radius 3 is 2.43 bits per heavy atom. The highest BCUT2D eigenvalue weighted by atomic mass is 19.4. The zero-order valence-electron chi connectivity index (χ0n) is 24.9. The van der Waals surface area contributed by atoms with Gasteiger partial charge in [0.05, 0.1) is 12.1 Å². The van der Waals surface area contributed by atoms with E-state index in [9.17, 15) is 18.0 Å². The van der Waals surface area contributed by atoms with E-state index in [0.717, 1.165) is 55.9 Å². The molecule has 13 heteroatoms. The molecule has 3 N–H and O–H groups in total. The molecule has 1 aromatic carbocycles. The summed E-state index contributed by atoms with van der Waals surface area (Å²) in [5.74, 6) is 2.77. The molecule has 3 atom stereocenters. The summed E-state index contributed by atoms with van der Waals surface area (Å²) in [6.07, 6.45) is 6.00. The highest BCUT2D eigenvalue weighted by Gasteiger charge is 2.37. The lowest BCUT2D eigenvalue weighted by Gasteiger charge is -2.35. The minimum absolute atomic E-state index is 0.136. The number of hydrogen-bond donors (Lipinski definition) is 3. The number of fused-ring (bicyclic) bond motifs is 1. The monoisotopic (exact) mass is 612 g/mol. The fourth-order valence-corrected chi connectivity index (χ4v) is 7.35. The Balaban J connectivity index is 1.34. The summed E-state index contributed by atoms with van der Waals surface area (Å²) in [6.45, 7) is 3.31. The molecule has 2 aromatic heterocycles. The van der Waals surface area contributed by atoms with Crippen molar-refractivity contribution in [2.75, 3.05) is 16.8 Å². The first-order chi connectivity index (χ1) is 21.2. The molecule has 2 saturated heterocycles. The van der Waals surface area contributed by atoms with Gasteiger partial charge < -0.3 is 19.6 Å². The number of benzene rings is 1. The number of nitrogens with zero attached hydrogens (tertiary/aromatic N) is 5. The van der Waals surface area contributed by atoms with Gasteiger partial charge in [0.2, 0.25) is 5.95 Å². The molecular weight excluding hydrogens is 573 g/mol. The first-order valence-electron chi connectivity index (χ1n) is 15.9. The highest BCUT2D eigenvalue weighted by molar-refractivity contribution is 5.86. The topological polar surface area (TPSA) is 109 Å². The smallest absolute Gasteiger partial charge is 0.365 e. The van der Waals surface area contributed by atoms with E-state index >= 15 is 0 Å². The van der Waals surface area contributed by atoms with E-state index in [2.05, 4.69) is 32.5 Å². The zero-order chi connectivity index (χ0) is 30.4. The van der Waals surface area contributed by atoms with E-state index in [4.69, 9.17) is 19.8 Å². The molecule has 0 bridgehead atoms. The Bertz CT molecular complexity index is 1500. The Morgan fingerprint density at radius 1 is 1.00 bits per heavy atom. The lowest BCUT2D eigenvalue weighted by atomic mass is 9.80. The Labute approximate surface area is 254 Å². The number of imidazole rings is 1. The average Bonchev–Trinajstić information content (AvgIpc) is 3.71. The number of hydroxylamine groups is 1. The number of hydrogen-bond acceptors (Lipinski definition) is 8. The lowest BCUT2D eigenvalue weighted by Crippen LogP contribution is -2.38. The van der Waals surface area contributed by atoms with Crippen LogP contribution in [0.5, 0.6) is 0 Å². The number of rotatable bonds is 8. The van der Waals surface area contributed by atoms with Crippen molar-refractivity contribution < 1.29 is 22.8 Å². The van der Waals surface area contributed by atoms with Crippen molar-refractivity contribution >= 4 is 29.0 Å². The lowest BCUT2D eigenvalue weighted by molar-refractivity contribution is -0.137. The molecule has 3 aromatic rings. The van der Waals surface area contributed by atoms with Crippen LogP contribution in [0.4, 0.5) is 29.7 Å². The number of anilines is 2. The number of nitrogens with one attached hydrogen (secondary N) is 3. The molecule has 4 aliphatic rings. The molecule has 1 amide bonds. The van der Waals surface area contributed by atoms with Crippen molar-refractivity contribution in [1.82, 2.24) is 30.3 Å². The van der Waals surface area contributed by atoms with E-state index in [-0.39, 0.29) is 6.04 Å². The van der Waals surface area contributed by atoms with Crippen LogP contribution in [0.1, 0.15) is 94.2 Å². The van der Waals surface area contributed by atoms with Gasteiger partial charge in [-0.05, 0) is 75.0 Å². The maximum Gasteiger partial charge on any atom is 0.427 e. The second-order valence-corrected chi connectivity index (χ2v) is 12.8. The minimum Gasteiger partial charge on any atom is -0.365 e. The van der Waals surface area contributed by atoms with Crippen LogP contribution in [0.15, 0.2) is 24.3 Å². The van der Waals surface area contributed by atoms with Gasteiger partial charge in [0, 0.05) is 18.6 Å². The van der Waals surface area contributed by atoms with Crippen LogP contribution in [0.2, 0.25) is 0 Å². The van der Waals surface area contributed by atoms with Gasteiger partial charge in [0.15, 0.2) is 23.5 Å². The molecule has 7 rings (SSSR count). The van der Waals surface area contributed by atoms with Gasteiger partial charge in [-0.15, -0.1) is 5.48 Å². The van der Waals surface area contributed by atoms with Crippen molar-refractivity contribution in [2.45, 2.75) is 102 Å². The normalized spacial score (nSPS) is 23.9. The third-order valence-corrected chi connectivity index (χ3v) is 9.98. The molecule has 236 valence electrons. The molecular formula is C31H39F3N8O2. The number of carbonyl (C=O) groups excluding carboxylic acids is 1. The molecule has 0 radical (unpaired) electrons. The summed E-state index contributed by atoms with van der Waals surface area (Å²) in [4.78, 5) is 34.0. The van der Waals surface area contributed by atoms with E-state index in [0.29, 0.717) is 47.2 Å². The third-order valence-electron chi connectivity index (χ3n) is 9.98. The van der Waals surface area contributed by atoms with Gasteiger partial charge in [0.25, 0.3) is 0 Å². The Hall–Kier alpha value is -3.61. The molecule has 44 heavy (non-hydrogen) atoms. The predicted molar refractivity (Wildman–Crippen MR) is 159 cm³/mol. The summed E-state index contributed by atoms with van der Waals surface area (Å²) < 4.78 is 42.2. The number of aromatic nitrogens is 4. The summed E-state index contributed by atoms with van der Waals surface area (Å²) in [6, 6.07) is 5.83. The summed E-state index contributed by atoms with van der Waals surface area (Å²) in [5, 5.41) is 6.32. The van der Waals surface area contributed by atoms with Crippen LogP contribution in [-0.4, -0.2) is 44.2 Å². The van der Waals surface area contributed by atoms with E-state index < -0.39 is 24.0 Å². The van der Waals surface area contributed by atoms with Gasteiger partial charge in [-0.3, -0.25) is 5.32 Å². The fraction of sp³-hybridized carbons (Fsp3) is 0.613. The number of alkyl halides is 3. The zero-order valence-corrected chi connectivity index (χ0v) is 24.9. The summed E-state index contributed by atoms with van der Waals surface area (Å²) in [5.41, 5.74) is 3.87. The number of amides is 1. The Kier molecular flexibility index (Phi) is 7.75. The van der Waals surface area contributed by atoms with Gasteiger partial charge in [-0.25, -0.2) is 14.8 Å². The van der Waals surface area contributed by atoms with Gasteiger partial charge >= 0.3 is 12.3 Å². The van der Waals surface area contributed by atoms with Crippen LogP contribution >= 0.6 is 0 Å². The molecule has 0 spiro atoms. The van der Waals surface area contributed by atoms with Crippen LogP contribution < -0.4 is 21.0 Å². The molecule has 2 unspecified atom stereocenters. The van der Waals surface area contributed by atoms with E-state index in [1.54, 1.807) is 0 Å². The molecule has 2 aliphatic heterocycles. The molecule has 10 nitrogen and oxygen atoms in total. The first-order valence-corrected chi connectivity index (χ1v) is 15.9. The van der Waals surface area contributed by atoms with Crippen molar-refractivity contribution in [2.24, 2.45) is 11.8 Å². The SMILES string of the molecule is C[C@@H](Nc1nc(C2NOC(=O)N2)nc2nc(N3CCCC3C3CCCCC3)n(Cc3ccc(C(F)(F)F)cc3)c12)C1CCC1. The second-order valence-electron chi connectivity index (χ2n) is 12.8. The van der Waals surface area contributed by atoms with Crippen molar-refractivity contribution in [1.29, 1.82) is 0 Å². The predicted octanol–water partition coefficient (Wildman–Crippen LogP) is 6.29. The second kappa shape index (κ2) is 11.7. The van der Waals surface area contributed by atoms with Gasteiger partial charge in [-0.1, -0.05) is 37.8 Å². The maximum atomic E-state index is 13.4. The molecule has 2 saturated carbocycles. The van der Waals surface area contributed by atoms with Crippen LogP contribution in [0.25, 0.3) is 11.2 Å². The van der Waals surface area contributed by atoms with E-state index in [1.807, 2.05) is 0 Å². The number of halogens is 3. The quantitative estimate of drug-likeness (QED) is 0.273. The molecule has 4 fully saturated rings. The van der Waals surface area contributed by atoms with Crippen molar-refractivity contribution in [3.63, 3.8) is 0 Å². The third kappa shape index (κ3) is 5.66. The molecule has 2 aliphatic carbocycles. The highest BCUT2D eigenvalue weighted by Crippen LogP contribution is 2.40. The van der Waals surface area contributed by atoms with Gasteiger partial charge in [-0.2, -0.15) is 18.2 Å². The fourth-order valence-electron chi connectivity index (χ4n) is 7.35. The van der Waals surface area contributed by atoms with Gasteiger partial charge in [0.1, 0.15) is 5.52 Å². The van der Waals surface area contributed by atoms with E-state index in [1.165, 1.54) is 50.7 Å². The largest absolute Gasteiger partial charge is 0.427 e. The van der Waals surface area contributed by atoms with Crippen molar-refractivity contribution in [3.8, 4) is 0 Å². The minimum atomic E-state index is -4.40. The maximum absolute atomic E-state index is 13.4. The first kappa shape index (κ1) is 29.1.